The summed E-state index contributed by atoms with van der Waals surface area (Å²) in [4.78, 5) is 9.18. The van der Waals surface area contributed by atoms with Gasteiger partial charge in [0.2, 0.25) is 0 Å². The van der Waals surface area contributed by atoms with Crippen LogP contribution in [0.3, 0.4) is 0 Å². The highest BCUT2D eigenvalue weighted by molar-refractivity contribution is 5.66. The zero-order valence-electron chi connectivity index (χ0n) is 12.0. The Morgan fingerprint density at radius 1 is 1.00 bits per heavy atom. The van der Waals surface area contributed by atoms with Crippen LogP contribution in [-0.4, -0.2) is 9.97 Å². The van der Waals surface area contributed by atoms with Crippen molar-refractivity contribution in [2.24, 2.45) is 0 Å². The molecule has 0 fully saturated rings. The average molecular weight is 277 g/mol. The summed E-state index contributed by atoms with van der Waals surface area (Å²) in [6.07, 6.45) is 11.8. The van der Waals surface area contributed by atoms with Gasteiger partial charge in [-0.2, -0.15) is 0 Å². The molecular weight excluding hydrogens is 258 g/mol. The van der Waals surface area contributed by atoms with Gasteiger partial charge in [0, 0.05) is 12.4 Å². The molecule has 0 amide bonds. The van der Waals surface area contributed by atoms with Crippen molar-refractivity contribution in [1.29, 1.82) is 0 Å². The summed E-state index contributed by atoms with van der Waals surface area (Å²) in [5.74, 6) is 0. The lowest BCUT2D eigenvalue weighted by Gasteiger charge is -2.28. The van der Waals surface area contributed by atoms with Gasteiger partial charge in [0.1, 0.15) is 0 Å². The van der Waals surface area contributed by atoms with Gasteiger partial charge in [-0.1, -0.05) is 18.2 Å². The second kappa shape index (κ2) is 5.32. The van der Waals surface area contributed by atoms with Crippen LogP contribution in [0.1, 0.15) is 47.8 Å². The predicted octanol–water partition coefficient (Wildman–Crippen LogP) is 3.43. The van der Waals surface area contributed by atoms with Crippen molar-refractivity contribution in [3.63, 3.8) is 0 Å². The standard InChI is InChI=1S/C18H19N3/c1-5-13-7-3-11-19-17(13)15(9-1)21-16-10-2-6-14-8-4-12-20-18(14)16/h3-4,7-9,11-12,16,21H,1-2,5-6,10H2. The summed E-state index contributed by atoms with van der Waals surface area (Å²) in [7, 11) is 0. The van der Waals surface area contributed by atoms with E-state index in [1.807, 2.05) is 24.5 Å². The highest BCUT2D eigenvalue weighted by Gasteiger charge is 2.23. The van der Waals surface area contributed by atoms with E-state index in [0.29, 0.717) is 6.04 Å². The van der Waals surface area contributed by atoms with Gasteiger partial charge in [-0.25, -0.2) is 0 Å². The Hall–Kier alpha value is -2.16. The molecule has 4 rings (SSSR count). The van der Waals surface area contributed by atoms with Crippen LogP contribution in [0.2, 0.25) is 0 Å². The summed E-state index contributed by atoms with van der Waals surface area (Å²) in [6, 6.07) is 8.77. The van der Waals surface area contributed by atoms with Gasteiger partial charge in [-0.05, 0) is 55.4 Å². The van der Waals surface area contributed by atoms with Crippen LogP contribution in [0.15, 0.2) is 42.7 Å². The van der Waals surface area contributed by atoms with E-state index in [4.69, 9.17) is 0 Å². The van der Waals surface area contributed by atoms with Crippen molar-refractivity contribution >= 4 is 5.70 Å². The van der Waals surface area contributed by atoms with Crippen LogP contribution < -0.4 is 5.32 Å². The maximum Gasteiger partial charge on any atom is 0.0889 e. The fourth-order valence-electron chi connectivity index (χ4n) is 3.42. The van der Waals surface area contributed by atoms with Crippen molar-refractivity contribution in [2.75, 3.05) is 0 Å². The van der Waals surface area contributed by atoms with Crippen molar-refractivity contribution < 1.29 is 0 Å². The molecule has 2 aliphatic carbocycles. The van der Waals surface area contributed by atoms with E-state index in [-0.39, 0.29) is 0 Å². The molecule has 0 spiro atoms. The maximum atomic E-state index is 4.61. The third-order valence-electron chi connectivity index (χ3n) is 4.43. The third-order valence-corrected chi connectivity index (χ3v) is 4.43. The van der Waals surface area contributed by atoms with Gasteiger partial charge in [0.25, 0.3) is 0 Å². The molecule has 106 valence electrons. The van der Waals surface area contributed by atoms with Crippen molar-refractivity contribution in [3.05, 3.63) is 65.2 Å². The number of pyridine rings is 2. The smallest absolute Gasteiger partial charge is 0.0889 e. The molecule has 3 nitrogen and oxygen atoms in total. The summed E-state index contributed by atoms with van der Waals surface area (Å²) in [5, 5.41) is 3.71. The second-order valence-electron chi connectivity index (χ2n) is 5.80. The highest BCUT2D eigenvalue weighted by Crippen LogP contribution is 2.31. The molecule has 1 atom stereocenters. The number of aryl methyl sites for hydroxylation is 2. The Labute approximate surface area is 125 Å². The van der Waals surface area contributed by atoms with Crippen molar-refractivity contribution in [2.45, 2.75) is 38.1 Å². The fourth-order valence-corrected chi connectivity index (χ4v) is 3.42. The van der Waals surface area contributed by atoms with Crippen LogP contribution in [0.4, 0.5) is 0 Å². The molecule has 0 saturated heterocycles. The Bertz CT molecular complexity index is 690. The Morgan fingerprint density at radius 2 is 1.86 bits per heavy atom. The topological polar surface area (TPSA) is 37.8 Å². The number of hydrogen-bond acceptors (Lipinski definition) is 3. The maximum absolute atomic E-state index is 4.61. The minimum atomic E-state index is 0.314. The van der Waals surface area contributed by atoms with E-state index in [1.54, 1.807) is 0 Å². The molecule has 0 saturated carbocycles. The Balaban J connectivity index is 1.64. The molecule has 2 aromatic rings. The van der Waals surface area contributed by atoms with Crippen molar-refractivity contribution in [3.8, 4) is 0 Å². The number of fused-ring (bicyclic) bond motifs is 2. The van der Waals surface area contributed by atoms with Crippen LogP contribution in [0.25, 0.3) is 5.70 Å². The van der Waals surface area contributed by atoms with Gasteiger partial charge in [0.15, 0.2) is 0 Å². The first-order valence-electron chi connectivity index (χ1n) is 7.76. The molecule has 2 aliphatic rings. The molecule has 1 unspecified atom stereocenters. The first kappa shape index (κ1) is 12.6. The van der Waals surface area contributed by atoms with Gasteiger partial charge >= 0.3 is 0 Å². The number of nitrogens with zero attached hydrogens (tertiary/aromatic N) is 2. The molecule has 1 N–H and O–H groups in total. The monoisotopic (exact) mass is 277 g/mol. The van der Waals surface area contributed by atoms with Crippen molar-refractivity contribution in [1.82, 2.24) is 15.3 Å². The Kier molecular flexibility index (Phi) is 3.18. The van der Waals surface area contributed by atoms with Gasteiger partial charge in [0.05, 0.1) is 23.1 Å². The molecule has 0 aliphatic heterocycles. The molecular formula is C18H19N3. The van der Waals surface area contributed by atoms with Crippen LogP contribution in [-0.2, 0) is 12.8 Å². The molecule has 2 heterocycles. The zero-order chi connectivity index (χ0) is 14.1. The summed E-state index contributed by atoms with van der Waals surface area (Å²) < 4.78 is 0. The predicted molar refractivity (Wildman–Crippen MR) is 83.6 cm³/mol. The number of aromatic nitrogens is 2. The number of nitrogens with one attached hydrogen (secondary N) is 1. The van der Waals surface area contributed by atoms with Gasteiger partial charge in [-0.15, -0.1) is 0 Å². The van der Waals surface area contributed by atoms with Crippen LogP contribution in [0.5, 0.6) is 0 Å². The molecule has 0 aromatic carbocycles. The third kappa shape index (κ3) is 2.33. The SMILES string of the molecule is C1=C(NC2CCCc3cccnc32)c2ncccc2CC1. The first-order valence-corrected chi connectivity index (χ1v) is 7.76. The highest BCUT2D eigenvalue weighted by atomic mass is 15.0. The second-order valence-corrected chi connectivity index (χ2v) is 5.80. The van der Waals surface area contributed by atoms with Gasteiger partial charge in [-0.3, -0.25) is 9.97 Å². The number of rotatable bonds is 2. The van der Waals surface area contributed by atoms with E-state index in [9.17, 15) is 0 Å². The summed E-state index contributed by atoms with van der Waals surface area (Å²) >= 11 is 0. The van der Waals surface area contributed by atoms with E-state index in [1.165, 1.54) is 28.9 Å². The largest absolute Gasteiger partial charge is 0.375 e. The Morgan fingerprint density at radius 3 is 2.81 bits per heavy atom. The average Bonchev–Trinajstić information content (AvgIpc) is 2.56. The normalized spacial score (nSPS) is 20.2. The van der Waals surface area contributed by atoms with Crippen LogP contribution >= 0.6 is 0 Å². The van der Waals surface area contributed by atoms with E-state index < -0.39 is 0 Å². The molecule has 3 heteroatoms. The fraction of sp³-hybridized carbons (Fsp3) is 0.333. The summed E-state index contributed by atoms with van der Waals surface area (Å²) in [5.41, 5.74) is 6.25. The number of hydrogen-bond donors (Lipinski definition) is 1. The lowest BCUT2D eigenvalue weighted by Crippen LogP contribution is -2.26. The molecule has 2 aromatic heterocycles. The minimum Gasteiger partial charge on any atom is -0.375 e. The van der Waals surface area contributed by atoms with Gasteiger partial charge < -0.3 is 5.32 Å². The quantitative estimate of drug-likeness (QED) is 0.914. The molecule has 0 radical (unpaired) electrons. The lowest BCUT2D eigenvalue weighted by atomic mass is 9.91. The lowest BCUT2D eigenvalue weighted by molar-refractivity contribution is 0.503. The van der Waals surface area contributed by atoms with Crippen LogP contribution in [0, 0.1) is 0 Å². The summed E-state index contributed by atoms with van der Waals surface area (Å²) in [6.45, 7) is 0. The first-order chi connectivity index (χ1) is 10.4. The van der Waals surface area contributed by atoms with E-state index in [0.717, 1.165) is 31.4 Å². The van der Waals surface area contributed by atoms with E-state index >= 15 is 0 Å². The molecule has 0 bridgehead atoms. The minimum absolute atomic E-state index is 0.314. The zero-order valence-corrected chi connectivity index (χ0v) is 12.0. The molecule has 21 heavy (non-hydrogen) atoms. The van der Waals surface area contributed by atoms with E-state index in [2.05, 4.69) is 33.5 Å². The number of allylic oxidation sites excluding steroid dienone is 1.